The second-order valence-corrected chi connectivity index (χ2v) is 1.16. The van der Waals surface area contributed by atoms with Gasteiger partial charge in [-0.2, -0.15) is 0 Å². The summed E-state index contributed by atoms with van der Waals surface area (Å²) < 4.78 is 0. The van der Waals surface area contributed by atoms with E-state index < -0.39 is 0 Å². The Bertz CT molecular complexity index is 74.1. The molecule has 1 rings (SSSR count). The monoisotopic (exact) mass is 530 g/mol. The van der Waals surface area contributed by atoms with Gasteiger partial charge in [0.05, 0.1) is 0 Å². The van der Waals surface area contributed by atoms with Crippen LogP contribution in [0.4, 0.5) is 0 Å². The van der Waals surface area contributed by atoms with Crippen LogP contribution in [0.1, 0.15) is 0 Å². The van der Waals surface area contributed by atoms with Crippen molar-refractivity contribution in [2.45, 2.75) is 0 Å². The van der Waals surface area contributed by atoms with E-state index in [1.807, 2.05) is 0 Å². The van der Waals surface area contributed by atoms with Crippen molar-refractivity contribution in [3.05, 3.63) is 11.0 Å². The molecular formula is C2HN2SY5-. The second-order valence-electron chi connectivity index (χ2n) is 0.530. The maximum absolute atomic E-state index is 3.44. The Hall–Kier alpha value is 5.08. The maximum Gasteiger partial charge on any atom is 0 e. The minimum atomic E-state index is 0. The van der Waals surface area contributed by atoms with Crippen molar-refractivity contribution >= 4 is 11.3 Å². The predicted molar refractivity (Wildman–Crippen MR) is 18.7 cm³/mol. The molecule has 0 aliphatic heterocycles. The van der Waals surface area contributed by atoms with Crippen molar-refractivity contribution in [3.8, 4) is 0 Å². The first-order valence-electron chi connectivity index (χ1n) is 1.12. The fourth-order valence-corrected chi connectivity index (χ4v) is 0.354. The first-order valence-corrected chi connectivity index (χ1v) is 2.00. The summed E-state index contributed by atoms with van der Waals surface area (Å²) in [5, 5.41) is 6.80. The van der Waals surface area contributed by atoms with Gasteiger partial charge in [-0.05, 0) is 5.51 Å². The SMILES string of the molecule is [Y].[Y].[Y].[Y].[Y].[c-]1nncs1. The third-order valence-electron chi connectivity index (χ3n) is 0.251. The zero-order chi connectivity index (χ0) is 3.54. The van der Waals surface area contributed by atoms with Crippen LogP contribution >= 0.6 is 11.3 Å². The third-order valence-corrected chi connectivity index (χ3v) is 0.638. The molecule has 10 heavy (non-hydrogen) atoms. The van der Waals surface area contributed by atoms with Crippen molar-refractivity contribution in [2.75, 3.05) is 0 Å². The van der Waals surface area contributed by atoms with Gasteiger partial charge in [0.2, 0.25) is 0 Å². The molecule has 41 valence electrons. The molecule has 0 N–H and O–H groups in total. The number of nitrogens with zero attached hydrogens (tertiary/aromatic N) is 2. The Morgan fingerprint density at radius 1 is 1.00 bits per heavy atom. The van der Waals surface area contributed by atoms with Gasteiger partial charge in [0.15, 0.2) is 0 Å². The first-order chi connectivity index (χ1) is 2.50. The number of hydrogen-bond donors (Lipinski definition) is 0. The van der Waals surface area contributed by atoms with E-state index in [4.69, 9.17) is 0 Å². The van der Waals surface area contributed by atoms with Crippen molar-refractivity contribution in [1.82, 2.24) is 10.2 Å². The summed E-state index contributed by atoms with van der Waals surface area (Å²) in [4.78, 5) is 0. The van der Waals surface area contributed by atoms with E-state index in [0.29, 0.717) is 0 Å². The van der Waals surface area contributed by atoms with Gasteiger partial charge in [0, 0.05) is 164 Å². The summed E-state index contributed by atoms with van der Waals surface area (Å²) in [6.45, 7) is 0. The van der Waals surface area contributed by atoms with Gasteiger partial charge < -0.3 is 11.3 Å². The molecule has 1 heterocycles. The van der Waals surface area contributed by atoms with Crippen LogP contribution in [-0.2, 0) is 164 Å². The Kier molecular flexibility index (Phi) is 69.8. The first kappa shape index (κ1) is 29.4. The van der Waals surface area contributed by atoms with E-state index in [0.717, 1.165) is 0 Å². The number of hydrogen-bond acceptors (Lipinski definition) is 3. The van der Waals surface area contributed by atoms with Crippen LogP contribution in [0.3, 0.4) is 0 Å². The van der Waals surface area contributed by atoms with Gasteiger partial charge in [-0.25, -0.2) is 0 Å². The fourth-order valence-electron chi connectivity index (χ4n) is 0.118. The molecule has 2 nitrogen and oxygen atoms in total. The Balaban J connectivity index is -0.0000000167. The van der Waals surface area contributed by atoms with E-state index in [-0.39, 0.29) is 164 Å². The van der Waals surface area contributed by atoms with E-state index in [1.54, 1.807) is 5.51 Å². The third kappa shape index (κ3) is 18.8. The molecule has 0 amide bonds. The van der Waals surface area contributed by atoms with Gasteiger partial charge in [-0.15, -0.1) is 0 Å². The second kappa shape index (κ2) is 23.7. The van der Waals surface area contributed by atoms with Gasteiger partial charge in [0.25, 0.3) is 0 Å². The largest absolute Gasteiger partial charge is 0.319 e. The standard InChI is InChI=1S/C2HN2S.5Y/c1-3-4-2-5-1;;;;;/h1H;;;;;/q-1;;;;;. The summed E-state index contributed by atoms with van der Waals surface area (Å²) in [6, 6.07) is 0. The average Bonchev–Trinajstić information content (AvgIpc) is 1.76. The molecule has 0 spiro atoms. The fraction of sp³-hybridized carbons (Fsp3) is 0. The van der Waals surface area contributed by atoms with Crippen molar-refractivity contribution in [2.24, 2.45) is 0 Å². The van der Waals surface area contributed by atoms with E-state index in [9.17, 15) is 0 Å². The molecule has 8 heteroatoms. The molecule has 0 saturated heterocycles. The summed E-state index contributed by atoms with van der Waals surface area (Å²) in [5.74, 6) is 0. The number of aromatic nitrogens is 2. The molecule has 0 aliphatic rings. The molecule has 0 atom stereocenters. The van der Waals surface area contributed by atoms with Gasteiger partial charge >= 0.3 is 0 Å². The minimum Gasteiger partial charge on any atom is -0.319 e. The molecule has 0 aromatic carbocycles. The van der Waals surface area contributed by atoms with Crippen LogP contribution in [0, 0.1) is 5.51 Å². The topological polar surface area (TPSA) is 25.8 Å². The quantitative estimate of drug-likeness (QED) is 0.453. The summed E-state index contributed by atoms with van der Waals surface area (Å²) in [6.07, 6.45) is 0. The normalized spacial score (nSPS) is 4.00. The van der Waals surface area contributed by atoms with Crippen molar-refractivity contribution in [1.29, 1.82) is 0 Å². The zero-order valence-corrected chi connectivity index (χ0v) is 20.3. The maximum atomic E-state index is 3.44. The predicted octanol–water partition coefficient (Wildman–Crippen LogP) is 0.326. The summed E-state index contributed by atoms with van der Waals surface area (Å²) >= 11 is 1.37. The van der Waals surface area contributed by atoms with E-state index in [2.05, 4.69) is 15.7 Å². The molecular weight excluding hydrogens is 529 g/mol. The van der Waals surface area contributed by atoms with Crippen LogP contribution in [0.2, 0.25) is 0 Å². The average molecular weight is 530 g/mol. The van der Waals surface area contributed by atoms with Crippen molar-refractivity contribution < 1.29 is 164 Å². The minimum absolute atomic E-state index is 0. The molecule has 0 unspecified atom stereocenters. The van der Waals surface area contributed by atoms with Gasteiger partial charge in [-0.1, -0.05) is 5.51 Å². The van der Waals surface area contributed by atoms with Crippen LogP contribution in [0.25, 0.3) is 0 Å². The zero-order valence-electron chi connectivity index (χ0n) is 5.27. The Morgan fingerprint density at radius 3 is 1.60 bits per heavy atom. The van der Waals surface area contributed by atoms with Crippen LogP contribution in [-0.4, -0.2) is 10.2 Å². The molecule has 5 radical (unpaired) electrons. The molecule has 0 aliphatic carbocycles. The smallest absolute Gasteiger partial charge is 0 e. The van der Waals surface area contributed by atoms with Crippen LogP contribution in [0.5, 0.6) is 0 Å². The van der Waals surface area contributed by atoms with Crippen LogP contribution in [0.15, 0.2) is 5.51 Å². The number of rotatable bonds is 0. The molecule has 0 bridgehead atoms. The van der Waals surface area contributed by atoms with E-state index >= 15 is 0 Å². The molecule has 0 saturated carbocycles. The molecule has 0 fully saturated rings. The molecule has 1 aromatic rings. The summed E-state index contributed by atoms with van der Waals surface area (Å²) in [7, 11) is 0. The van der Waals surface area contributed by atoms with E-state index in [1.165, 1.54) is 11.3 Å². The van der Waals surface area contributed by atoms with Gasteiger partial charge in [-0.3, -0.25) is 10.2 Å². The Morgan fingerprint density at radius 2 is 1.50 bits per heavy atom. The van der Waals surface area contributed by atoms with Gasteiger partial charge in [0.1, 0.15) is 0 Å². The Labute approximate surface area is 190 Å². The van der Waals surface area contributed by atoms with Crippen molar-refractivity contribution in [3.63, 3.8) is 0 Å². The summed E-state index contributed by atoms with van der Waals surface area (Å²) in [5.41, 5.74) is 4.17. The molecule has 1 aromatic heterocycles. The van der Waals surface area contributed by atoms with Crippen LogP contribution < -0.4 is 0 Å².